The van der Waals surface area contributed by atoms with Crippen LogP contribution in [0.4, 0.5) is 0 Å². The molecule has 0 spiro atoms. The molecule has 1 aliphatic heterocycles. The van der Waals surface area contributed by atoms with Gasteiger partial charge in [0.15, 0.2) is 5.71 Å². The lowest BCUT2D eigenvalue weighted by Crippen LogP contribution is -2.26. The molecule has 0 aliphatic carbocycles. The third-order valence-electron chi connectivity index (χ3n) is 2.81. The molecule has 1 aliphatic rings. The van der Waals surface area contributed by atoms with Gasteiger partial charge in [-0.05, 0) is 18.2 Å². The van der Waals surface area contributed by atoms with Crippen LogP contribution in [0, 0.1) is 0 Å². The molecule has 21 heavy (non-hydrogen) atoms. The van der Waals surface area contributed by atoms with Crippen molar-refractivity contribution in [3.63, 3.8) is 0 Å². The molecule has 0 radical (unpaired) electrons. The lowest BCUT2D eigenvalue weighted by atomic mass is 10.2. The predicted molar refractivity (Wildman–Crippen MR) is 85.9 cm³/mol. The van der Waals surface area contributed by atoms with Crippen LogP contribution in [-0.4, -0.2) is 16.2 Å². The molecule has 2 rings (SSSR count). The van der Waals surface area contributed by atoms with Crippen molar-refractivity contribution in [2.24, 2.45) is 10.7 Å². The Labute approximate surface area is 124 Å². The van der Waals surface area contributed by atoms with Crippen molar-refractivity contribution in [3.05, 3.63) is 84.9 Å². The zero-order chi connectivity index (χ0) is 14.9. The highest BCUT2D eigenvalue weighted by Crippen LogP contribution is 2.06. The van der Waals surface area contributed by atoms with Crippen LogP contribution in [-0.2, 0) is 11.3 Å². The first kappa shape index (κ1) is 14.5. The van der Waals surface area contributed by atoms with Gasteiger partial charge in [0, 0.05) is 18.9 Å². The summed E-state index contributed by atoms with van der Waals surface area (Å²) >= 11 is 0. The van der Waals surface area contributed by atoms with Gasteiger partial charge in [0.2, 0.25) is 0 Å². The average Bonchev–Trinajstić information content (AvgIpc) is 2.90. The number of fused-ring (bicyclic) bond motifs is 1. The van der Waals surface area contributed by atoms with E-state index in [0.717, 1.165) is 0 Å². The minimum atomic E-state index is -0.545. The first-order valence-electron chi connectivity index (χ1n) is 6.64. The SMILES string of the molecule is NC(=O)C1=NC=CC=CC=CC=CC=CCn2cccc21. The van der Waals surface area contributed by atoms with Gasteiger partial charge in [0.25, 0.3) is 5.91 Å². The molecule has 4 heteroatoms. The molecular formula is C17H17N3O. The van der Waals surface area contributed by atoms with Crippen molar-refractivity contribution < 1.29 is 4.79 Å². The molecular weight excluding hydrogens is 262 g/mol. The molecule has 4 nitrogen and oxygen atoms in total. The summed E-state index contributed by atoms with van der Waals surface area (Å²) < 4.78 is 1.92. The number of amides is 1. The largest absolute Gasteiger partial charge is 0.364 e. The first-order chi connectivity index (χ1) is 10.3. The Morgan fingerprint density at radius 3 is 2.43 bits per heavy atom. The third-order valence-corrected chi connectivity index (χ3v) is 2.81. The fourth-order valence-electron chi connectivity index (χ4n) is 1.85. The summed E-state index contributed by atoms with van der Waals surface area (Å²) in [7, 11) is 0. The molecule has 1 aromatic rings. The lowest BCUT2D eigenvalue weighted by molar-refractivity contribution is -0.111. The van der Waals surface area contributed by atoms with Crippen molar-refractivity contribution in [1.29, 1.82) is 0 Å². The van der Waals surface area contributed by atoms with Crippen LogP contribution < -0.4 is 5.73 Å². The van der Waals surface area contributed by atoms with Gasteiger partial charge in [-0.2, -0.15) is 0 Å². The number of hydrogen-bond acceptors (Lipinski definition) is 2. The highest BCUT2D eigenvalue weighted by atomic mass is 16.1. The Balaban J connectivity index is 2.40. The van der Waals surface area contributed by atoms with E-state index in [1.165, 1.54) is 0 Å². The number of nitrogens with two attached hydrogens (primary N) is 1. The number of allylic oxidation sites excluding steroid dienone is 9. The Morgan fingerprint density at radius 2 is 1.71 bits per heavy atom. The highest BCUT2D eigenvalue weighted by molar-refractivity contribution is 6.44. The van der Waals surface area contributed by atoms with Gasteiger partial charge >= 0.3 is 0 Å². The van der Waals surface area contributed by atoms with Crippen LogP contribution in [0.15, 0.2) is 84.2 Å². The van der Waals surface area contributed by atoms with E-state index in [0.29, 0.717) is 12.2 Å². The Kier molecular flexibility index (Phi) is 5.29. The monoisotopic (exact) mass is 279 g/mol. The van der Waals surface area contributed by atoms with Gasteiger partial charge in [0.1, 0.15) is 0 Å². The number of rotatable bonds is 1. The van der Waals surface area contributed by atoms with Crippen molar-refractivity contribution in [2.45, 2.75) is 6.54 Å². The third kappa shape index (κ3) is 4.31. The molecule has 0 atom stereocenters. The van der Waals surface area contributed by atoms with Crippen molar-refractivity contribution in [1.82, 2.24) is 4.57 Å². The van der Waals surface area contributed by atoms with Gasteiger partial charge in [-0.25, -0.2) is 4.99 Å². The summed E-state index contributed by atoms with van der Waals surface area (Å²) in [4.78, 5) is 15.8. The van der Waals surface area contributed by atoms with Crippen LogP contribution in [0.3, 0.4) is 0 Å². The number of primary amides is 1. The summed E-state index contributed by atoms with van der Waals surface area (Å²) in [6, 6.07) is 3.70. The zero-order valence-corrected chi connectivity index (χ0v) is 11.6. The summed E-state index contributed by atoms with van der Waals surface area (Å²) in [5.74, 6) is -0.545. The van der Waals surface area contributed by atoms with Crippen LogP contribution >= 0.6 is 0 Å². The van der Waals surface area contributed by atoms with Gasteiger partial charge in [-0.1, -0.05) is 48.6 Å². The molecule has 2 heterocycles. The van der Waals surface area contributed by atoms with Crippen molar-refractivity contribution in [3.8, 4) is 0 Å². The molecule has 0 saturated heterocycles. The standard InChI is InChI=1S/C17H17N3O/c18-17(21)16-15-11-10-14-20(15)13-9-7-5-3-1-2-4-6-8-12-19-16/h1-12,14H,13H2,(H2,18,21). The fourth-order valence-corrected chi connectivity index (χ4v) is 1.85. The summed E-state index contributed by atoms with van der Waals surface area (Å²) in [6.07, 6.45) is 20.6. The predicted octanol–water partition coefficient (Wildman–Crippen LogP) is 2.51. The number of aliphatic imine (C=N–C) groups is 1. The molecule has 0 fully saturated rings. The van der Waals surface area contributed by atoms with Crippen LogP contribution in [0.5, 0.6) is 0 Å². The number of aromatic nitrogens is 1. The Hall–Kier alpha value is -2.88. The summed E-state index contributed by atoms with van der Waals surface area (Å²) in [5, 5.41) is 0. The Morgan fingerprint density at radius 1 is 1.05 bits per heavy atom. The fraction of sp³-hybridized carbons (Fsp3) is 0.0588. The molecule has 0 unspecified atom stereocenters. The van der Waals surface area contributed by atoms with E-state index in [2.05, 4.69) is 4.99 Å². The molecule has 1 aromatic heterocycles. The van der Waals surface area contributed by atoms with Gasteiger partial charge in [-0.3, -0.25) is 4.79 Å². The molecule has 0 aromatic carbocycles. The second-order valence-corrected chi connectivity index (χ2v) is 4.31. The van der Waals surface area contributed by atoms with Gasteiger partial charge in [0.05, 0.1) is 5.69 Å². The number of carbonyl (C=O) groups excluding carboxylic acids is 1. The normalized spacial score (nSPS) is 15.1. The van der Waals surface area contributed by atoms with Crippen molar-refractivity contribution in [2.75, 3.05) is 0 Å². The number of carbonyl (C=O) groups is 1. The van der Waals surface area contributed by atoms with Crippen LogP contribution in [0.2, 0.25) is 0 Å². The maximum absolute atomic E-state index is 11.6. The van der Waals surface area contributed by atoms with E-state index in [9.17, 15) is 4.79 Å². The lowest BCUT2D eigenvalue weighted by Gasteiger charge is -2.06. The van der Waals surface area contributed by atoms with Crippen LogP contribution in [0.25, 0.3) is 0 Å². The van der Waals surface area contributed by atoms with E-state index in [1.807, 2.05) is 71.5 Å². The molecule has 2 N–H and O–H groups in total. The maximum atomic E-state index is 11.6. The zero-order valence-electron chi connectivity index (χ0n) is 11.6. The first-order valence-corrected chi connectivity index (χ1v) is 6.64. The average molecular weight is 279 g/mol. The molecule has 1 amide bonds. The highest BCUT2D eigenvalue weighted by Gasteiger charge is 2.13. The van der Waals surface area contributed by atoms with E-state index in [4.69, 9.17) is 5.73 Å². The minimum Gasteiger partial charge on any atom is -0.364 e. The number of hydrogen-bond donors (Lipinski definition) is 1. The van der Waals surface area contributed by atoms with E-state index < -0.39 is 5.91 Å². The minimum absolute atomic E-state index is 0.249. The van der Waals surface area contributed by atoms with E-state index in [1.54, 1.807) is 12.3 Å². The Bertz CT molecular complexity index is 670. The van der Waals surface area contributed by atoms with E-state index >= 15 is 0 Å². The van der Waals surface area contributed by atoms with E-state index in [-0.39, 0.29) is 5.71 Å². The smallest absolute Gasteiger partial charge is 0.269 e. The summed E-state index contributed by atoms with van der Waals surface area (Å²) in [6.45, 7) is 0.644. The molecule has 0 bridgehead atoms. The maximum Gasteiger partial charge on any atom is 0.269 e. The molecule has 106 valence electrons. The second kappa shape index (κ2) is 7.65. The molecule has 0 saturated carbocycles. The number of nitrogens with zero attached hydrogens (tertiary/aromatic N) is 2. The topological polar surface area (TPSA) is 60.4 Å². The van der Waals surface area contributed by atoms with Gasteiger partial charge < -0.3 is 10.3 Å². The quantitative estimate of drug-likeness (QED) is 0.843. The van der Waals surface area contributed by atoms with Crippen molar-refractivity contribution >= 4 is 11.6 Å². The second-order valence-electron chi connectivity index (χ2n) is 4.31. The summed E-state index contributed by atoms with van der Waals surface area (Å²) in [5.41, 5.74) is 6.38. The van der Waals surface area contributed by atoms with Crippen LogP contribution in [0.1, 0.15) is 5.69 Å². The van der Waals surface area contributed by atoms with Gasteiger partial charge in [-0.15, -0.1) is 0 Å².